The molecular formula is C14H21F3N4O. The number of aliphatic hydroxyl groups excluding tert-OH is 1. The van der Waals surface area contributed by atoms with Gasteiger partial charge in [-0.2, -0.15) is 18.3 Å². The van der Waals surface area contributed by atoms with Gasteiger partial charge in [0.1, 0.15) is 0 Å². The van der Waals surface area contributed by atoms with E-state index in [0.717, 1.165) is 31.7 Å². The topological polar surface area (TPSA) is 52.5 Å². The number of alkyl halides is 3. The summed E-state index contributed by atoms with van der Waals surface area (Å²) in [5.41, 5.74) is 0. The number of piperidine rings is 1. The molecule has 0 aliphatic carbocycles. The molecule has 124 valence electrons. The third kappa shape index (κ3) is 5.10. The van der Waals surface area contributed by atoms with Crippen LogP contribution in [0.1, 0.15) is 19.3 Å². The number of hydrogen-bond donors (Lipinski definition) is 1. The molecule has 0 aromatic carbocycles. The van der Waals surface area contributed by atoms with E-state index in [1.165, 1.54) is 0 Å². The van der Waals surface area contributed by atoms with E-state index < -0.39 is 18.7 Å². The minimum Gasteiger partial charge on any atom is -0.391 e. The molecule has 2 rings (SSSR count). The minimum absolute atomic E-state index is 0.0370. The highest BCUT2D eigenvalue weighted by Gasteiger charge is 2.32. The van der Waals surface area contributed by atoms with E-state index in [4.69, 9.17) is 0 Å². The van der Waals surface area contributed by atoms with Gasteiger partial charge in [-0.1, -0.05) is 0 Å². The fourth-order valence-electron chi connectivity index (χ4n) is 2.81. The Labute approximate surface area is 127 Å². The Bertz CT molecular complexity index is 449. The summed E-state index contributed by atoms with van der Waals surface area (Å²) in [6, 6.07) is 3.90. The van der Waals surface area contributed by atoms with Crippen LogP contribution in [0.25, 0.3) is 0 Å². The number of likely N-dealkylation sites (N-methyl/N-ethyl adjacent to an activating group) is 1. The molecule has 2 heterocycles. The Morgan fingerprint density at radius 2 is 2.09 bits per heavy atom. The highest BCUT2D eigenvalue weighted by molar-refractivity contribution is 5.36. The van der Waals surface area contributed by atoms with Gasteiger partial charge in [0, 0.05) is 31.9 Å². The number of nitrogens with zero attached hydrogens (tertiary/aromatic N) is 4. The van der Waals surface area contributed by atoms with Gasteiger partial charge in [-0.3, -0.25) is 0 Å². The van der Waals surface area contributed by atoms with Gasteiger partial charge in [-0.25, -0.2) is 0 Å². The number of aliphatic hydroxyl groups is 1. The van der Waals surface area contributed by atoms with Gasteiger partial charge in [0.15, 0.2) is 5.82 Å². The number of hydrogen-bond acceptors (Lipinski definition) is 5. The van der Waals surface area contributed by atoms with Gasteiger partial charge >= 0.3 is 6.18 Å². The highest BCUT2D eigenvalue weighted by atomic mass is 19.4. The summed E-state index contributed by atoms with van der Waals surface area (Å²) in [6.07, 6.45) is -3.59. The van der Waals surface area contributed by atoms with Crippen molar-refractivity contribution in [1.82, 2.24) is 15.1 Å². The summed E-state index contributed by atoms with van der Waals surface area (Å²) in [7, 11) is 1.77. The van der Waals surface area contributed by atoms with E-state index in [1.807, 2.05) is 17.0 Å². The molecule has 5 nitrogen and oxygen atoms in total. The average Bonchev–Trinajstić information content (AvgIpc) is 2.46. The van der Waals surface area contributed by atoms with Crippen LogP contribution in [0.15, 0.2) is 18.3 Å². The fraction of sp³-hybridized carbons (Fsp3) is 0.714. The fourth-order valence-corrected chi connectivity index (χ4v) is 2.81. The Balaban J connectivity index is 1.79. The Morgan fingerprint density at radius 3 is 2.64 bits per heavy atom. The van der Waals surface area contributed by atoms with Crippen molar-refractivity contribution in [1.29, 1.82) is 0 Å². The molecule has 1 aliphatic heterocycles. The van der Waals surface area contributed by atoms with Crippen molar-refractivity contribution in [3.63, 3.8) is 0 Å². The molecule has 0 spiro atoms. The lowest BCUT2D eigenvalue weighted by molar-refractivity contribution is -0.155. The maximum Gasteiger partial charge on any atom is 0.391 e. The molecule has 0 radical (unpaired) electrons. The first-order chi connectivity index (χ1) is 10.3. The average molecular weight is 318 g/mol. The number of halogens is 3. The molecule has 1 unspecified atom stereocenters. The van der Waals surface area contributed by atoms with Gasteiger partial charge in [0.05, 0.1) is 12.5 Å². The molecule has 1 aliphatic rings. The zero-order valence-electron chi connectivity index (χ0n) is 12.5. The van der Waals surface area contributed by atoms with E-state index in [0.29, 0.717) is 0 Å². The van der Waals surface area contributed by atoms with Crippen molar-refractivity contribution >= 4 is 5.82 Å². The van der Waals surface area contributed by atoms with Crippen molar-refractivity contribution in [2.24, 2.45) is 0 Å². The summed E-state index contributed by atoms with van der Waals surface area (Å²) < 4.78 is 36.7. The van der Waals surface area contributed by atoms with Crippen LogP contribution in [-0.2, 0) is 0 Å². The van der Waals surface area contributed by atoms with E-state index >= 15 is 0 Å². The quantitative estimate of drug-likeness (QED) is 0.895. The van der Waals surface area contributed by atoms with Crippen molar-refractivity contribution in [2.45, 2.75) is 37.6 Å². The largest absolute Gasteiger partial charge is 0.391 e. The molecule has 0 amide bonds. The van der Waals surface area contributed by atoms with E-state index in [-0.39, 0.29) is 12.6 Å². The van der Waals surface area contributed by atoms with Crippen molar-refractivity contribution in [2.75, 3.05) is 31.6 Å². The third-order valence-electron chi connectivity index (χ3n) is 3.94. The molecule has 1 N–H and O–H groups in total. The first-order valence-corrected chi connectivity index (χ1v) is 7.33. The van der Waals surface area contributed by atoms with E-state index in [9.17, 15) is 18.3 Å². The molecule has 0 saturated carbocycles. The zero-order valence-corrected chi connectivity index (χ0v) is 12.5. The monoisotopic (exact) mass is 318 g/mol. The number of rotatable bonds is 5. The van der Waals surface area contributed by atoms with E-state index in [2.05, 4.69) is 15.1 Å². The molecule has 22 heavy (non-hydrogen) atoms. The normalized spacial score (nSPS) is 18.7. The second-order valence-corrected chi connectivity index (χ2v) is 5.71. The molecule has 1 aromatic rings. The van der Waals surface area contributed by atoms with E-state index in [1.54, 1.807) is 13.2 Å². The lowest BCUT2D eigenvalue weighted by Crippen LogP contribution is -2.46. The Hall–Kier alpha value is -1.41. The summed E-state index contributed by atoms with van der Waals surface area (Å²) in [5.74, 6) is 0.820. The van der Waals surface area contributed by atoms with Crippen molar-refractivity contribution < 1.29 is 18.3 Å². The second-order valence-electron chi connectivity index (χ2n) is 5.71. The first-order valence-electron chi connectivity index (χ1n) is 7.33. The number of anilines is 1. The van der Waals surface area contributed by atoms with Gasteiger partial charge < -0.3 is 14.9 Å². The summed E-state index contributed by atoms with van der Waals surface area (Å²) in [6.45, 7) is 1.60. The van der Waals surface area contributed by atoms with Crippen LogP contribution in [-0.4, -0.2) is 65.2 Å². The SMILES string of the molecule is CN(CC(O)CC(F)(F)F)C1CCN(c2cccnn2)CC1. The van der Waals surface area contributed by atoms with Gasteiger partial charge in [-0.15, -0.1) is 5.10 Å². The van der Waals surface area contributed by atoms with Crippen LogP contribution >= 0.6 is 0 Å². The first kappa shape index (κ1) is 17.0. The smallest absolute Gasteiger partial charge is 0.391 e. The molecule has 1 atom stereocenters. The zero-order chi connectivity index (χ0) is 16.2. The molecule has 1 fully saturated rings. The number of aromatic nitrogens is 2. The van der Waals surface area contributed by atoms with Crippen LogP contribution < -0.4 is 4.90 Å². The van der Waals surface area contributed by atoms with Crippen LogP contribution in [0.5, 0.6) is 0 Å². The second kappa shape index (κ2) is 7.23. The summed E-state index contributed by atoms with van der Waals surface area (Å²) >= 11 is 0. The lowest BCUT2D eigenvalue weighted by Gasteiger charge is -2.37. The summed E-state index contributed by atoms with van der Waals surface area (Å²) in [5, 5.41) is 17.4. The maximum atomic E-state index is 12.2. The van der Waals surface area contributed by atoms with Crippen molar-refractivity contribution in [3.05, 3.63) is 18.3 Å². The lowest BCUT2D eigenvalue weighted by atomic mass is 10.0. The maximum absolute atomic E-state index is 12.2. The molecule has 0 bridgehead atoms. The standard InChI is InChI=1S/C14H21F3N4O/c1-20(10-12(22)9-14(15,16)17)11-4-7-21(8-5-11)13-3-2-6-18-19-13/h2-3,6,11-12,22H,4-5,7-10H2,1H3. The highest BCUT2D eigenvalue weighted by Crippen LogP contribution is 2.23. The molecule has 8 heteroatoms. The van der Waals surface area contributed by atoms with Gasteiger partial charge in [0.25, 0.3) is 0 Å². The van der Waals surface area contributed by atoms with Crippen LogP contribution in [0.3, 0.4) is 0 Å². The Kier molecular flexibility index (Phi) is 5.57. The molecule has 1 saturated heterocycles. The van der Waals surface area contributed by atoms with Crippen molar-refractivity contribution in [3.8, 4) is 0 Å². The van der Waals surface area contributed by atoms with Crippen LogP contribution in [0, 0.1) is 0 Å². The third-order valence-corrected chi connectivity index (χ3v) is 3.94. The Morgan fingerprint density at radius 1 is 1.41 bits per heavy atom. The summed E-state index contributed by atoms with van der Waals surface area (Å²) in [4.78, 5) is 3.94. The minimum atomic E-state index is -4.32. The van der Waals surface area contributed by atoms with Gasteiger partial charge in [-0.05, 0) is 32.0 Å². The predicted octanol–water partition coefficient (Wildman–Crippen LogP) is 1.69. The van der Waals surface area contributed by atoms with Crippen LogP contribution in [0.2, 0.25) is 0 Å². The predicted molar refractivity (Wildman–Crippen MR) is 76.6 cm³/mol. The van der Waals surface area contributed by atoms with Crippen LogP contribution in [0.4, 0.5) is 19.0 Å². The molecular weight excluding hydrogens is 297 g/mol. The van der Waals surface area contributed by atoms with Gasteiger partial charge in [0.2, 0.25) is 0 Å². The molecule has 1 aromatic heterocycles.